The third-order valence-corrected chi connectivity index (χ3v) is 3.31. The second-order valence-corrected chi connectivity index (χ2v) is 5.14. The summed E-state index contributed by atoms with van der Waals surface area (Å²) in [5.41, 5.74) is 5.30. The molecule has 2 aliphatic rings. The van der Waals surface area contributed by atoms with Crippen LogP contribution in [0.4, 0.5) is 0 Å². The topological polar surface area (TPSA) is 24.4 Å². The second kappa shape index (κ2) is 3.32. The van der Waals surface area contributed by atoms with Crippen molar-refractivity contribution < 1.29 is 0 Å². The van der Waals surface area contributed by atoms with E-state index in [1.807, 2.05) is 0 Å². The van der Waals surface area contributed by atoms with Gasteiger partial charge in [-0.1, -0.05) is 20.3 Å². The molecule has 0 aliphatic heterocycles. The highest BCUT2D eigenvalue weighted by atomic mass is 15.3. The predicted molar refractivity (Wildman–Crippen MR) is 55.8 cm³/mol. The SMILES string of the molecule is CC(C)CNN=C1CC2(CCC2)C1. The molecule has 2 heteroatoms. The Morgan fingerprint density at radius 3 is 2.54 bits per heavy atom. The number of hydrogen-bond donors (Lipinski definition) is 1. The van der Waals surface area contributed by atoms with Crippen LogP contribution in [0.25, 0.3) is 0 Å². The minimum absolute atomic E-state index is 0.696. The maximum Gasteiger partial charge on any atom is 0.0389 e. The molecule has 2 fully saturated rings. The first kappa shape index (κ1) is 9.04. The van der Waals surface area contributed by atoms with Crippen LogP contribution in [0.1, 0.15) is 46.0 Å². The fraction of sp³-hybridized carbons (Fsp3) is 0.909. The molecule has 2 nitrogen and oxygen atoms in total. The van der Waals surface area contributed by atoms with Gasteiger partial charge in [-0.05, 0) is 37.0 Å². The van der Waals surface area contributed by atoms with Gasteiger partial charge in [-0.3, -0.25) is 0 Å². The Labute approximate surface area is 80.8 Å². The molecule has 2 rings (SSSR count). The summed E-state index contributed by atoms with van der Waals surface area (Å²) in [6.45, 7) is 5.43. The quantitative estimate of drug-likeness (QED) is 0.663. The van der Waals surface area contributed by atoms with E-state index >= 15 is 0 Å². The van der Waals surface area contributed by atoms with Crippen LogP contribution in [0, 0.1) is 11.3 Å². The van der Waals surface area contributed by atoms with E-state index in [1.165, 1.54) is 37.8 Å². The van der Waals surface area contributed by atoms with Gasteiger partial charge in [0, 0.05) is 12.3 Å². The van der Waals surface area contributed by atoms with E-state index in [1.54, 1.807) is 0 Å². The van der Waals surface area contributed by atoms with Crippen LogP contribution >= 0.6 is 0 Å². The molecule has 0 atom stereocenters. The summed E-state index contributed by atoms with van der Waals surface area (Å²) in [5, 5.41) is 4.41. The van der Waals surface area contributed by atoms with Crippen molar-refractivity contribution in [3.63, 3.8) is 0 Å². The Morgan fingerprint density at radius 2 is 2.08 bits per heavy atom. The molecule has 0 bridgehead atoms. The molecule has 0 unspecified atom stereocenters. The highest BCUT2D eigenvalue weighted by Crippen LogP contribution is 2.54. The van der Waals surface area contributed by atoms with Crippen LogP contribution in [0.5, 0.6) is 0 Å². The second-order valence-electron chi connectivity index (χ2n) is 5.14. The van der Waals surface area contributed by atoms with E-state index in [9.17, 15) is 0 Å². The molecule has 2 aliphatic carbocycles. The van der Waals surface area contributed by atoms with Gasteiger partial charge in [0.1, 0.15) is 0 Å². The van der Waals surface area contributed by atoms with Crippen molar-refractivity contribution in [1.29, 1.82) is 0 Å². The zero-order valence-corrected chi connectivity index (χ0v) is 8.77. The number of nitrogens with zero attached hydrogens (tertiary/aromatic N) is 1. The van der Waals surface area contributed by atoms with Crippen molar-refractivity contribution in [2.75, 3.05) is 6.54 Å². The highest BCUT2D eigenvalue weighted by Gasteiger charge is 2.46. The van der Waals surface area contributed by atoms with Crippen molar-refractivity contribution in [3.05, 3.63) is 0 Å². The Bertz CT molecular complexity index is 204. The first-order valence-electron chi connectivity index (χ1n) is 5.49. The summed E-state index contributed by atoms with van der Waals surface area (Å²) in [6, 6.07) is 0. The molecule has 0 radical (unpaired) electrons. The minimum atomic E-state index is 0.696. The van der Waals surface area contributed by atoms with E-state index in [2.05, 4.69) is 24.4 Å². The van der Waals surface area contributed by atoms with Gasteiger partial charge in [0.25, 0.3) is 0 Å². The smallest absolute Gasteiger partial charge is 0.0389 e. The van der Waals surface area contributed by atoms with Crippen LogP contribution in [0.2, 0.25) is 0 Å². The van der Waals surface area contributed by atoms with Gasteiger partial charge in [-0.2, -0.15) is 5.10 Å². The minimum Gasteiger partial charge on any atom is -0.310 e. The van der Waals surface area contributed by atoms with E-state index in [4.69, 9.17) is 0 Å². The molecular weight excluding hydrogens is 160 g/mol. The number of nitrogens with one attached hydrogen (secondary N) is 1. The van der Waals surface area contributed by atoms with Gasteiger partial charge in [-0.25, -0.2) is 0 Å². The lowest BCUT2D eigenvalue weighted by atomic mass is 9.55. The van der Waals surface area contributed by atoms with Crippen LogP contribution in [-0.4, -0.2) is 12.3 Å². The van der Waals surface area contributed by atoms with Crippen molar-refractivity contribution in [2.45, 2.75) is 46.0 Å². The first-order valence-corrected chi connectivity index (χ1v) is 5.49. The molecule has 1 spiro atoms. The highest BCUT2D eigenvalue weighted by molar-refractivity contribution is 5.91. The first-order chi connectivity index (χ1) is 6.20. The Balaban J connectivity index is 1.67. The third kappa shape index (κ3) is 1.87. The van der Waals surface area contributed by atoms with Crippen LogP contribution in [0.15, 0.2) is 5.10 Å². The van der Waals surface area contributed by atoms with Crippen LogP contribution in [-0.2, 0) is 0 Å². The van der Waals surface area contributed by atoms with Crippen molar-refractivity contribution in [2.24, 2.45) is 16.4 Å². The maximum absolute atomic E-state index is 4.41. The normalized spacial score (nSPS) is 24.1. The maximum atomic E-state index is 4.41. The summed E-state index contributed by atoms with van der Waals surface area (Å²) < 4.78 is 0. The predicted octanol–water partition coefficient (Wildman–Crippen LogP) is 2.55. The number of rotatable bonds is 3. The Morgan fingerprint density at radius 1 is 1.38 bits per heavy atom. The molecule has 74 valence electrons. The lowest BCUT2D eigenvalue weighted by molar-refractivity contribution is 0.118. The Kier molecular flexibility index (Phi) is 2.31. The zero-order chi connectivity index (χ0) is 9.31. The van der Waals surface area contributed by atoms with Gasteiger partial charge in [0.05, 0.1) is 0 Å². The molecule has 2 saturated carbocycles. The largest absolute Gasteiger partial charge is 0.310 e. The number of hydrazone groups is 1. The molecule has 0 heterocycles. The lowest BCUT2D eigenvalue weighted by Gasteiger charge is -2.49. The van der Waals surface area contributed by atoms with E-state index < -0.39 is 0 Å². The lowest BCUT2D eigenvalue weighted by Crippen LogP contribution is -2.43. The van der Waals surface area contributed by atoms with E-state index in [0.29, 0.717) is 5.92 Å². The molecule has 0 aromatic rings. The van der Waals surface area contributed by atoms with Gasteiger partial charge in [0.2, 0.25) is 0 Å². The van der Waals surface area contributed by atoms with Gasteiger partial charge in [0.15, 0.2) is 0 Å². The van der Waals surface area contributed by atoms with Gasteiger partial charge in [-0.15, -0.1) is 0 Å². The average molecular weight is 180 g/mol. The van der Waals surface area contributed by atoms with E-state index in [0.717, 1.165) is 12.0 Å². The summed E-state index contributed by atoms with van der Waals surface area (Å²) in [7, 11) is 0. The summed E-state index contributed by atoms with van der Waals surface area (Å²) in [5.74, 6) is 0.696. The van der Waals surface area contributed by atoms with Crippen molar-refractivity contribution >= 4 is 5.71 Å². The summed E-state index contributed by atoms with van der Waals surface area (Å²) in [6.07, 6.45) is 6.91. The monoisotopic (exact) mass is 180 g/mol. The molecule has 0 amide bonds. The van der Waals surface area contributed by atoms with Crippen molar-refractivity contribution in [3.8, 4) is 0 Å². The van der Waals surface area contributed by atoms with Crippen LogP contribution in [0.3, 0.4) is 0 Å². The standard InChI is InChI=1S/C11H20N2/c1-9(2)8-12-13-10-6-11(7-10)4-3-5-11/h9,12H,3-8H2,1-2H3. The fourth-order valence-corrected chi connectivity index (χ4v) is 2.26. The van der Waals surface area contributed by atoms with Gasteiger partial charge < -0.3 is 5.43 Å². The average Bonchev–Trinajstić information content (AvgIpc) is 1.89. The van der Waals surface area contributed by atoms with Gasteiger partial charge >= 0.3 is 0 Å². The molecule has 13 heavy (non-hydrogen) atoms. The van der Waals surface area contributed by atoms with E-state index in [-0.39, 0.29) is 0 Å². The molecule has 1 N–H and O–H groups in total. The van der Waals surface area contributed by atoms with Crippen molar-refractivity contribution in [1.82, 2.24) is 5.43 Å². The molecule has 0 aromatic carbocycles. The number of hydrogen-bond acceptors (Lipinski definition) is 2. The third-order valence-electron chi connectivity index (χ3n) is 3.31. The van der Waals surface area contributed by atoms with Crippen LogP contribution < -0.4 is 5.43 Å². The summed E-state index contributed by atoms with van der Waals surface area (Å²) in [4.78, 5) is 0. The molecule has 0 aromatic heterocycles. The molecular formula is C11H20N2. The zero-order valence-electron chi connectivity index (χ0n) is 8.77. The summed E-state index contributed by atoms with van der Waals surface area (Å²) >= 11 is 0. The molecule has 0 saturated heterocycles. The Hall–Kier alpha value is -0.530. The fourth-order valence-electron chi connectivity index (χ4n) is 2.26.